The zero-order valence-corrected chi connectivity index (χ0v) is 12.3. The molecule has 0 radical (unpaired) electrons. The third kappa shape index (κ3) is 3.97. The van der Waals surface area contributed by atoms with Crippen LogP contribution in [0.15, 0.2) is 24.3 Å². The normalized spacial score (nSPS) is 23.3. The number of ether oxygens (including phenoxy) is 1. The molecule has 1 aliphatic rings. The first-order valence-electron chi connectivity index (χ1n) is 7.69. The highest BCUT2D eigenvalue weighted by Crippen LogP contribution is 2.38. The van der Waals surface area contributed by atoms with Crippen molar-refractivity contribution >= 4 is 0 Å². The first-order valence-corrected chi connectivity index (χ1v) is 7.69. The van der Waals surface area contributed by atoms with Gasteiger partial charge in [-0.2, -0.15) is 0 Å². The fraction of sp³-hybridized carbons (Fsp3) is 0.647. The van der Waals surface area contributed by atoms with Crippen LogP contribution < -0.4 is 10.1 Å². The lowest BCUT2D eigenvalue weighted by Gasteiger charge is -2.32. The Balaban J connectivity index is 2.05. The van der Waals surface area contributed by atoms with Crippen LogP contribution in [0, 0.1) is 5.92 Å². The molecular formula is C17H27NO. The van der Waals surface area contributed by atoms with Gasteiger partial charge < -0.3 is 10.1 Å². The van der Waals surface area contributed by atoms with Gasteiger partial charge in [0, 0.05) is 0 Å². The second-order valence-corrected chi connectivity index (χ2v) is 5.63. The molecule has 19 heavy (non-hydrogen) atoms. The maximum absolute atomic E-state index is 5.36. The number of benzene rings is 1. The topological polar surface area (TPSA) is 21.3 Å². The Kier molecular flexibility index (Phi) is 5.71. The molecule has 0 amide bonds. The first-order chi connectivity index (χ1) is 9.35. The fourth-order valence-electron chi connectivity index (χ4n) is 3.23. The standard InChI is InChI=1S/C17H27NO/c1-3-11-18-13-15-7-4-5-10-17(15)14-8-6-9-16(12-14)19-2/h6,8-9,12,15,17-18H,3-5,7,10-11,13H2,1-2H3. The van der Waals surface area contributed by atoms with Gasteiger partial charge in [-0.25, -0.2) is 0 Å². The predicted molar refractivity (Wildman–Crippen MR) is 80.9 cm³/mol. The van der Waals surface area contributed by atoms with Crippen molar-refractivity contribution in [2.45, 2.75) is 44.9 Å². The molecule has 2 heteroatoms. The molecule has 1 aromatic carbocycles. The van der Waals surface area contributed by atoms with Crippen LogP contribution in [0.4, 0.5) is 0 Å². The van der Waals surface area contributed by atoms with E-state index < -0.39 is 0 Å². The van der Waals surface area contributed by atoms with E-state index in [1.807, 2.05) is 6.07 Å². The van der Waals surface area contributed by atoms with E-state index in [0.29, 0.717) is 5.92 Å². The largest absolute Gasteiger partial charge is 0.497 e. The summed E-state index contributed by atoms with van der Waals surface area (Å²) >= 11 is 0. The van der Waals surface area contributed by atoms with Crippen molar-refractivity contribution in [3.8, 4) is 5.75 Å². The molecule has 0 bridgehead atoms. The van der Waals surface area contributed by atoms with Crippen LogP contribution in [0.3, 0.4) is 0 Å². The Hall–Kier alpha value is -1.02. The molecule has 1 aliphatic carbocycles. The molecular weight excluding hydrogens is 234 g/mol. The van der Waals surface area contributed by atoms with Crippen molar-refractivity contribution < 1.29 is 4.74 Å². The molecule has 1 aromatic rings. The lowest BCUT2D eigenvalue weighted by atomic mass is 9.75. The molecule has 0 aliphatic heterocycles. The zero-order chi connectivity index (χ0) is 13.5. The maximum atomic E-state index is 5.36. The number of hydrogen-bond acceptors (Lipinski definition) is 2. The number of nitrogens with one attached hydrogen (secondary N) is 1. The van der Waals surface area contributed by atoms with Gasteiger partial charge in [0.15, 0.2) is 0 Å². The Labute approximate surface area is 117 Å². The smallest absolute Gasteiger partial charge is 0.119 e. The van der Waals surface area contributed by atoms with E-state index in [9.17, 15) is 0 Å². The van der Waals surface area contributed by atoms with Gasteiger partial charge in [0.2, 0.25) is 0 Å². The summed E-state index contributed by atoms with van der Waals surface area (Å²) in [5, 5.41) is 3.60. The average Bonchev–Trinajstić information content (AvgIpc) is 2.48. The van der Waals surface area contributed by atoms with Crippen LogP contribution in [0.5, 0.6) is 5.75 Å². The van der Waals surface area contributed by atoms with Crippen molar-refractivity contribution in [2.24, 2.45) is 5.92 Å². The van der Waals surface area contributed by atoms with Gasteiger partial charge in [-0.05, 0) is 61.9 Å². The van der Waals surface area contributed by atoms with Crippen LogP contribution >= 0.6 is 0 Å². The Morgan fingerprint density at radius 2 is 2.11 bits per heavy atom. The molecule has 2 rings (SSSR count). The maximum Gasteiger partial charge on any atom is 0.119 e. The van der Waals surface area contributed by atoms with Gasteiger partial charge in [0.1, 0.15) is 5.75 Å². The molecule has 0 heterocycles. The minimum absolute atomic E-state index is 0.702. The average molecular weight is 261 g/mol. The second-order valence-electron chi connectivity index (χ2n) is 5.63. The van der Waals surface area contributed by atoms with Crippen molar-refractivity contribution in [1.29, 1.82) is 0 Å². The van der Waals surface area contributed by atoms with E-state index in [0.717, 1.165) is 24.8 Å². The van der Waals surface area contributed by atoms with E-state index >= 15 is 0 Å². The van der Waals surface area contributed by atoms with Crippen LogP contribution in [0.25, 0.3) is 0 Å². The highest BCUT2D eigenvalue weighted by molar-refractivity contribution is 5.31. The van der Waals surface area contributed by atoms with E-state index in [1.165, 1.54) is 37.7 Å². The lowest BCUT2D eigenvalue weighted by molar-refractivity contribution is 0.295. The second kappa shape index (κ2) is 7.54. The summed E-state index contributed by atoms with van der Waals surface area (Å²) in [6, 6.07) is 8.66. The molecule has 0 aromatic heterocycles. The summed E-state index contributed by atoms with van der Waals surface area (Å²) in [4.78, 5) is 0. The Morgan fingerprint density at radius 3 is 2.89 bits per heavy atom. The monoisotopic (exact) mass is 261 g/mol. The highest BCUT2D eigenvalue weighted by Gasteiger charge is 2.26. The summed E-state index contributed by atoms with van der Waals surface area (Å²) < 4.78 is 5.36. The van der Waals surface area contributed by atoms with E-state index in [1.54, 1.807) is 7.11 Å². The van der Waals surface area contributed by atoms with Crippen LogP contribution in [0.2, 0.25) is 0 Å². The van der Waals surface area contributed by atoms with Crippen molar-refractivity contribution in [1.82, 2.24) is 5.32 Å². The van der Waals surface area contributed by atoms with Crippen LogP contribution in [-0.4, -0.2) is 20.2 Å². The van der Waals surface area contributed by atoms with Gasteiger partial charge in [-0.1, -0.05) is 31.9 Å². The third-order valence-electron chi connectivity index (χ3n) is 4.26. The molecule has 2 atom stereocenters. The number of methoxy groups -OCH3 is 1. The zero-order valence-electron chi connectivity index (χ0n) is 12.3. The van der Waals surface area contributed by atoms with E-state index in [2.05, 4.69) is 30.4 Å². The van der Waals surface area contributed by atoms with Crippen molar-refractivity contribution in [3.63, 3.8) is 0 Å². The van der Waals surface area contributed by atoms with Crippen LogP contribution in [-0.2, 0) is 0 Å². The predicted octanol–water partition coefficient (Wildman–Crippen LogP) is 3.97. The minimum Gasteiger partial charge on any atom is -0.497 e. The summed E-state index contributed by atoms with van der Waals surface area (Å²) in [6.07, 6.45) is 6.66. The lowest BCUT2D eigenvalue weighted by Crippen LogP contribution is -2.30. The molecule has 2 nitrogen and oxygen atoms in total. The van der Waals surface area contributed by atoms with Gasteiger partial charge in [0.05, 0.1) is 7.11 Å². The summed E-state index contributed by atoms with van der Waals surface area (Å²) in [7, 11) is 1.75. The molecule has 1 N–H and O–H groups in total. The molecule has 1 saturated carbocycles. The number of hydrogen-bond donors (Lipinski definition) is 1. The first kappa shape index (κ1) is 14.4. The fourth-order valence-corrected chi connectivity index (χ4v) is 3.23. The summed E-state index contributed by atoms with van der Waals surface area (Å²) in [5.74, 6) is 2.48. The van der Waals surface area contributed by atoms with Crippen LogP contribution in [0.1, 0.15) is 50.5 Å². The van der Waals surface area contributed by atoms with E-state index in [-0.39, 0.29) is 0 Å². The third-order valence-corrected chi connectivity index (χ3v) is 4.26. The molecule has 0 spiro atoms. The number of rotatable bonds is 6. The molecule has 106 valence electrons. The molecule has 0 saturated heterocycles. The highest BCUT2D eigenvalue weighted by atomic mass is 16.5. The Bertz CT molecular complexity index is 377. The van der Waals surface area contributed by atoms with Gasteiger partial charge in [-0.3, -0.25) is 0 Å². The molecule has 2 unspecified atom stereocenters. The summed E-state index contributed by atoms with van der Waals surface area (Å²) in [6.45, 7) is 4.53. The van der Waals surface area contributed by atoms with Gasteiger partial charge >= 0.3 is 0 Å². The van der Waals surface area contributed by atoms with Crippen molar-refractivity contribution in [3.05, 3.63) is 29.8 Å². The minimum atomic E-state index is 0.702. The Morgan fingerprint density at radius 1 is 1.26 bits per heavy atom. The quantitative estimate of drug-likeness (QED) is 0.782. The van der Waals surface area contributed by atoms with E-state index in [4.69, 9.17) is 4.74 Å². The SMILES string of the molecule is CCCNCC1CCCCC1c1cccc(OC)c1. The van der Waals surface area contributed by atoms with Crippen molar-refractivity contribution in [2.75, 3.05) is 20.2 Å². The summed E-state index contributed by atoms with van der Waals surface area (Å²) in [5.41, 5.74) is 1.46. The molecule has 1 fully saturated rings. The van der Waals surface area contributed by atoms with Gasteiger partial charge in [0.25, 0.3) is 0 Å². The van der Waals surface area contributed by atoms with Gasteiger partial charge in [-0.15, -0.1) is 0 Å².